The molecule has 164 valence electrons. The number of hydrogen-bond acceptors (Lipinski definition) is 6. The minimum absolute atomic E-state index is 0.0920. The van der Waals surface area contributed by atoms with Crippen LogP contribution in [0.5, 0.6) is 0 Å². The molecule has 2 amide bonds. The number of carbonyl (C=O) groups is 2. The van der Waals surface area contributed by atoms with Crippen molar-refractivity contribution in [3.63, 3.8) is 0 Å². The Kier molecular flexibility index (Phi) is 7.25. The van der Waals surface area contributed by atoms with Crippen LogP contribution in [0.15, 0.2) is 18.2 Å². The third-order valence-corrected chi connectivity index (χ3v) is 5.88. The van der Waals surface area contributed by atoms with Gasteiger partial charge in [0.25, 0.3) is 11.6 Å². The van der Waals surface area contributed by atoms with E-state index < -0.39 is 4.92 Å². The molecule has 0 saturated carbocycles. The number of benzene rings is 1. The van der Waals surface area contributed by atoms with Crippen molar-refractivity contribution in [3.8, 4) is 0 Å². The highest BCUT2D eigenvalue weighted by atomic mass is 16.6. The second-order valence-corrected chi connectivity index (χ2v) is 8.22. The number of nitrogens with zero attached hydrogens (tertiary/aromatic N) is 5. The Morgan fingerprint density at radius 3 is 2.17 bits per heavy atom. The number of amides is 2. The van der Waals surface area contributed by atoms with Gasteiger partial charge in [-0.2, -0.15) is 0 Å². The zero-order valence-electron chi connectivity index (χ0n) is 17.9. The lowest BCUT2D eigenvalue weighted by molar-refractivity contribution is -0.384. The minimum Gasteiger partial charge on any atom is -0.377 e. The summed E-state index contributed by atoms with van der Waals surface area (Å²) >= 11 is 0. The van der Waals surface area contributed by atoms with E-state index in [-0.39, 0.29) is 17.5 Å². The third kappa shape index (κ3) is 5.27. The number of piperazine rings is 1. The monoisotopic (exact) mass is 417 g/mol. The van der Waals surface area contributed by atoms with Crippen LogP contribution in [-0.2, 0) is 4.79 Å². The molecule has 0 spiro atoms. The van der Waals surface area contributed by atoms with Gasteiger partial charge in [-0.1, -0.05) is 12.8 Å². The zero-order chi connectivity index (χ0) is 21.7. The molecule has 0 aliphatic carbocycles. The maximum Gasteiger partial charge on any atom is 0.270 e. The lowest BCUT2D eigenvalue weighted by atomic mass is 10.1. The zero-order valence-corrected chi connectivity index (χ0v) is 17.9. The molecule has 2 fully saturated rings. The SMILES string of the molecule is CN(C)c1ccc([N+](=O)[O-])cc1C(=O)N1CCN(CC(=O)N2CCCCCC2)CC1. The fourth-order valence-electron chi connectivity index (χ4n) is 4.09. The van der Waals surface area contributed by atoms with Crippen LogP contribution in [0.4, 0.5) is 11.4 Å². The molecule has 30 heavy (non-hydrogen) atoms. The maximum atomic E-state index is 13.1. The molecule has 2 heterocycles. The minimum atomic E-state index is -0.484. The van der Waals surface area contributed by atoms with Gasteiger partial charge in [-0.3, -0.25) is 24.6 Å². The molecule has 1 aromatic carbocycles. The summed E-state index contributed by atoms with van der Waals surface area (Å²) < 4.78 is 0. The number of likely N-dealkylation sites (tertiary alicyclic amines) is 1. The normalized spacial score (nSPS) is 18.1. The Hall–Kier alpha value is -2.68. The number of hydrogen-bond donors (Lipinski definition) is 0. The summed E-state index contributed by atoms with van der Waals surface area (Å²) in [5, 5.41) is 11.2. The van der Waals surface area contributed by atoms with Crippen LogP contribution < -0.4 is 4.90 Å². The van der Waals surface area contributed by atoms with Crippen molar-refractivity contribution in [2.45, 2.75) is 25.7 Å². The van der Waals surface area contributed by atoms with Crippen LogP contribution in [0.1, 0.15) is 36.0 Å². The van der Waals surface area contributed by atoms with Crippen LogP contribution in [0.2, 0.25) is 0 Å². The van der Waals surface area contributed by atoms with E-state index in [1.807, 2.05) is 19.0 Å². The first-order chi connectivity index (χ1) is 14.4. The highest BCUT2D eigenvalue weighted by Crippen LogP contribution is 2.26. The average Bonchev–Trinajstić information content (AvgIpc) is 3.03. The predicted octanol–water partition coefficient (Wildman–Crippen LogP) is 1.82. The predicted molar refractivity (Wildman–Crippen MR) is 115 cm³/mol. The molecule has 9 nitrogen and oxygen atoms in total. The van der Waals surface area contributed by atoms with Gasteiger partial charge in [0.05, 0.1) is 17.0 Å². The first-order valence-electron chi connectivity index (χ1n) is 10.6. The summed E-state index contributed by atoms with van der Waals surface area (Å²) in [7, 11) is 3.62. The van der Waals surface area contributed by atoms with E-state index in [9.17, 15) is 19.7 Å². The highest BCUT2D eigenvalue weighted by Gasteiger charge is 2.27. The van der Waals surface area contributed by atoms with E-state index in [1.165, 1.54) is 25.0 Å². The Bertz CT molecular complexity index is 782. The van der Waals surface area contributed by atoms with Gasteiger partial charge in [0.2, 0.25) is 5.91 Å². The lowest BCUT2D eigenvalue weighted by Gasteiger charge is -2.35. The van der Waals surface area contributed by atoms with E-state index in [4.69, 9.17) is 0 Å². The largest absolute Gasteiger partial charge is 0.377 e. The third-order valence-electron chi connectivity index (χ3n) is 5.88. The maximum absolute atomic E-state index is 13.1. The smallest absolute Gasteiger partial charge is 0.270 e. The van der Waals surface area contributed by atoms with Crippen LogP contribution >= 0.6 is 0 Å². The molecule has 0 radical (unpaired) electrons. The van der Waals surface area contributed by atoms with Crippen molar-refractivity contribution in [2.75, 3.05) is 64.8 Å². The van der Waals surface area contributed by atoms with Crippen LogP contribution in [-0.4, -0.2) is 91.3 Å². The van der Waals surface area contributed by atoms with Gasteiger partial charge in [-0.05, 0) is 18.9 Å². The average molecular weight is 418 g/mol. The molecule has 0 aromatic heterocycles. The van der Waals surface area contributed by atoms with E-state index in [1.54, 1.807) is 15.9 Å². The number of rotatable bonds is 5. The second kappa shape index (κ2) is 9.88. The highest BCUT2D eigenvalue weighted by molar-refractivity contribution is 6.00. The van der Waals surface area contributed by atoms with Crippen LogP contribution in [0.3, 0.4) is 0 Å². The van der Waals surface area contributed by atoms with E-state index in [0.717, 1.165) is 25.9 Å². The van der Waals surface area contributed by atoms with Gasteiger partial charge in [-0.25, -0.2) is 0 Å². The Balaban J connectivity index is 1.60. The van der Waals surface area contributed by atoms with Crippen molar-refractivity contribution in [3.05, 3.63) is 33.9 Å². The number of carbonyl (C=O) groups excluding carboxylic acids is 2. The van der Waals surface area contributed by atoms with Crippen molar-refractivity contribution in [2.24, 2.45) is 0 Å². The fourth-order valence-corrected chi connectivity index (χ4v) is 4.09. The summed E-state index contributed by atoms with van der Waals surface area (Å²) in [6.45, 7) is 4.33. The molecular weight excluding hydrogens is 386 g/mol. The fraction of sp³-hybridized carbons (Fsp3) is 0.619. The molecule has 2 aliphatic heterocycles. The van der Waals surface area contributed by atoms with Crippen molar-refractivity contribution < 1.29 is 14.5 Å². The van der Waals surface area contributed by atoms with Gasteiger partial charge >= 0.3 is 0 Å². The van der Waals surface area contributed by atoms with E-state index in [0.29, 0.717) is 44.0 Å². The summed E-state index contributed by atoms with van der Waals surface area (Å²) in [4.78, 5) is 44.0. The van der Waals surface area contributed by atoms with Crippen molar-refractivity contribution in [1.82, 2.24) is 14.7 Å². The van der Waals surface area contributed by atoms with Crippen molar-refractivity contribution in [1.29, 1.82) is 0 Å². The van der Waals surface area contributed by atoms with Gasteiger partial charge in [0.15, 0.2) is 0 Å². The molecule has 2 saturated heterocycles. The topological polar surface area (TPSA) is 90.2 Å². The molecular formula is C21H31N5O4. The number of anilines is 1. The summed E-state index contributed by atoms with van der Waals surface area (Å²) in [5.41, 5.74) is 0.901. The van der Waals surface area contributed by atoms with E-state index in [2.05, 4.69) is 4.90 Å². The molecule has 0 bridgehead atoms. The van der Waals surface area contributed by atoms with Gasteiger partial charge in [0, 0.05) is 71.2 Å². The number of nitro groups is 1. The lowest BCUT2D eigenvalue weighted by Crippen LogP contribution is -2.51. The van der Waals surface area contributed by atoms with Gasteiger partial charge in [-0.15, -0.1) is 0 Å². The number of nitro benzene ring substituents is 1. The Morgan fingerprint density at radius 2 is 1.60 bits per heavy atom. The van der Waals surface area contributed by atoms with Gasteiger partial charge in [0.1, 0.15) is 0 Å². The molecule has 1 aromatic rings. The van der Waals surface area contributed by atoms with Crippen molar-refractivity contribution >= 4 is 23.2 Å². The first kappa shape index (κ1) is 22.0. The number of non-ortho nitro benzene ring substituents is 1. The molecule has 2 aliphatic rings. The quantitative estimate of drug-likeness (QED) is 0.536. The van der Waals surface area contributed by atoms with E-state index >= 15 is 0 Å². The second-order valence-electron chi connectivity index (χ2n) is 8.22. The van der Waals surface area contributed by atoms with Gasteiger partial charge < -0.3 is 14.7 Å². The van der Waals surface area contributed by atoms with Crippen LogP contribution in [0.25, 0.3) is 0 Å². The Morgan fingerprint density at radius 1 is 0.967 bits per heavy atom. The molecule has 9 heteroatoms. The standard InChI is InChI=1S/C21H31N5O4/c1-22(2)19-8-7-17(26(29)30)15-18(19)21(28)25-13-11-23(12-14-25)16-20(27)24-9-5-3-4-6-10-24/h7-8,15H,3-6,9-14,16H2,1-2H3. The first-order valence-corrected chi connectivity index (χ1v) is 10.6. The molecule has 0 atom stereocenters. The Labute approximate surface area is 177 Å². The van der Waals surface area contributed by atoms with Crippen LogP contribution in [0, 0.1) is 10.1 Å². The molecule has 3 rings (SSSR count). The molecule has 0 N–H and O–H groups in total. The summed E-state index contributed by atoms with van der Waals surface area (Å²) in [6.07, 6.45) is 4.53. The summed E-state index contributed by atoms with van der Waals surface area (Å²) in [5.74, 6) is -0.0360. The molecule has 0 unspecified atom stereocenters. The summed E-state index contributed by atoms with van der Waals surface area (Å²) in [6, 6.07) is 4.38.